The maximum Gasteiger partial charge on any atom is 0.305 e. The van der Waals surface area contributed by atoms with Crippen LogP contribution in [0.15, 0.2) is 9.00 Å². The van der Waals surface area contributed by atoms with Gasteiger partial charge in [0.1, 0.15) is 0 Å². The Kier molecular flexibility index (Phi) is 3.90. The summed E-state index contributed by atoms with van der Waals surface area (Å²) in [7, 11) is -1.61. The fourth-order valence-corrected chi connectivity index (χ4v) is 4.76. The molecule has 18 heavy (non-hydrogen) atoms. The molecule has 1 aliphatic rings. The summed E-state index contributed by atoms with van der Waals surface area (Å²) >= 11 is 0.735. The van der Waals surface area contributed by atoms with E-state index in [-0.39, 0.29) is 15.1 Å². The summed E-state index contributed by atoms with van der Waals surface area (Å²) in [6.07, 6.45) is 1.81. The monoisotopic (exact) mass is 291 g/mol. The molecule has 1 unspecified atom stereocenters. The minimum Gasteiger partial charge on any atom is -0.315 e. The molecule has 0 bridgehead atoms. The Hall–Kier alpha value is -0.700. The quantitative estimate of drug-likeness (QED) is 0.828. The lowest BCUT2D eigenvalue weighted by Crippen LogP contribution is -2.46. The standard InChI is InChI=1S/C10H17N3O3S2/c1-7-9(17-10(14)11-7)18(15,16)12-8-4-3-5-13(2)6-8/h8,12H,3-6H2,1-2H3,(H,11,14). The predicted molar refractivity (Wildman–Crippen MR) is 70.5 cm³/mol. The number of aromatic amines is 1. The molecule has 1 aromatic heterocycles. The molecule has 1 aromatic rings. The number of likely N-dealkylation sites (N-methyl/N-ethyl adjacent to an activating group) is 1. The third-order valence-corrected chi connectivity index (χ3v) is 6.10. The van der Waals surface area contributed by atoms with Crippen molar-refractivity contribution >= 4 is 21.4 Å². The van der Waals surface area contributed by atoms with Gasteiger partial charge in [-0.15, -0.1) is 0 Å². The van der Waals surface area contributed by atoms with Crippen LogP contribution in [0.5, 0.6) is 0 Å². The van der Waals surface area contributed by atoms with E-state index in [1.54, 1.807) is 6.92 Å². The number of nitrogens with zero attached hydrogens (tertiary/aromatic N) is 1. The fraction of sp³-hybridized carbons (Fsp3) is 0.700. The zero-order chi connectivity index (χ0) is 13.3. The zero-order valence-corrected chi connectivity index (χ0v) is 12.0. The normalized spacial score (nSPS) is 22.2. The van der Waals surface area contributed by atoms with Gasteiger partial charge in [-0.05, 0) is 33.4 Å². The van der Waals surface area contributed by atoms with Gasteiger partial charge in [-0.3, -0.25) is 4.79 Å². The number of hydrogen-bond acceptors (Lipinski definition) is 5. The highest BCUT2D eigenvalue weighted by Gasteiger charge is 2.26. The molecule has 0 amide bonds. The molecule has 6 nitrogen and oxygen atoms in total. The smallest absolute Gasteiger partial charge is 0.305 e. The number of piperidine rings is 1. The van der Waals surface area contributed by atoms with Gasteiger partial charge in [0, 0.05) is 18.3 Å². The van der Waals surface area contributed by atoms with Gasteiger partial charge in [0.15, 0.2) is 4.21 Å². The van der Waals surface area contributed by atoms with E-state index >= 15 is 0 Å². The molecule has 1 fully saturated rings. The number of H-pyrrole nitrogens is 1. The van der Waals surface area contributed by atoms with E-state index in [2.05, 4.69) is 14.6 Å². The van der Waals surface area contributed by atoms with Crippen molar-refractivity contribution in [3.05, 3.63) is 15.4 Å². The third-order valence-electron chi connectivity index (χ3n) is 2.97. The van der Waals surface area contributed by atoms with Crippen molar-refractivity contribution in [3.8, 4) is 0 Å². The molecule has 2 heterocycles. The van der Waals surface area contributed by atoms with Crippen LogP contribution in [0.1, 0.15) is 18.5 Å². The Morgan fingerprint density at radius 2 is 2.22 bits per heavy atom. The number of rotatable bonds is 3. The van der Waals surface area contributed by atoms with Crippen LogP contribution < -0.4 is 9.60 Å². The molecular weight excluding hydrogens is 274 g/mol. The first-order chi connectivity index (χ1) is 8.38. The molecule has 2 rings (SSSR count). The van der Waals surface area contributed by atoms with E-state index in [1.165, 1.54) is 0 Å². The van der Waals surface area contributed by atoms with Gasteiger partial charge in [-0.2, -0.15) is 0 Å². The van der Waals surface area contributed by atoms with Crippen molar-refractivity contribution in [2.75, 3.05) is 20.1 Å². The van der Waals surface area contributed by atoms with E-state index in [0.29, 0.717) is 12.2 Å². The Morgan fingerprint density at radius 1 is 1.50 bits per heavy atom. The number of hydrogen-bond donors (Lipinski definition) is 2. The van der Waals surface area contributed by atoms with Gasteiger partial charge < -0.3 is 9.88 Å². The van der Waals surface area contributed by atoms with Gasteiger partial charge in [-0.1, -0.05) is 11.3 Å². The molecule has 8 heteroatoms. The molecule has 2 N–H and O–H groups in total. The summed E-state index contributed by atoms with van der Waals surface area (Å²) in [5.74, 6) is 0. The minimum absolute atomic E-state index is 0.0784. The van der Waals surface area contributed by atoms with Crippen molar-refractivity contribution in [2.45, 2.75) is 30.0 Å². The second kappa shape index (κ2) is 5.12. The summed E-state index contributed by atoms with van der Waals surface area (Å²) in [5.41, 5.74) is 0.404. The summed E-state index contributed by atoms with van der Waals surface area (Å²) in [6, 6.07) is -0.0784. The number of sulfonamides is 1. The fourth-order valence-electron chi connectivity index (χ4n) is 2.18. The average Bonchev–Trinajstić information content (AvgIpc) is 2.58. The van der Waals surface area contributed by atoms with Gasteiger partial charge >= 0.3 is 4.87 Å². The number of nitrogens with one attached hydrogen (secondary N) is 2. The Balaban J connectivity index is 2.17. The first-order valence-electron chi connectivity index (χ1n) is 5.79. The molecule has 0 aliphatic carbocycles. The number of thiazole rings is 1. The Bertz CT molecular complexity index is 575. The Labute approximate surface area is 110 Å². The van der Waals surface area contributed by atoms with Crippen LogP contribution >= 0.6 is 11.3 Å². The van der Waals surface area contributed by atoms with Crippen LogP contribution in [0, 0.1) is 6.92 Å². The van der Waals surface area contributed by atoms with Gasteiger partial charge in [-0.25, -0.2) is 13.1 Å². The van der Waals surface area contributed by atoms with E-state index in [9.17, 15) is 13.2 Å². The lowest BCUT2D eigenvalue weighted by Gasteiger charge is -2.29. The van der Waals surface area contributed by atoms with E-state index < -0.39 is 10.0 Å². The van der Waals surface area contributed by atoms with Crippen LogP contribution in [0.4, 0.5) is 0 Å². The van der Waals surface area contributed by atoms with Crippen LogP contribution in [0.2, 0.25) is 0 Å². The predicted octanol–water partition coefficient (Wildman–Crippen LogP) is 0.117. The summed E-state index contributed by atoms with van der Waals surface area (Å²) in [5, 5.41) is 0. The highest BCUT2D eigenvalue weighted by molar-refractivity contribution is 7.91. The van der Waals surface area contributed by atoms with Crippen LogP contribution in [0.25, 0.3) is 0 Å². The van der Waals surface area contributed by atoms with Crippen molar-refractivity contribution in [1.82, 2.24) is 14.6 Å². The highest BCUT2D eigenvalue weighted by Crippen LogP contribution is 2.18. The van der Waals surface area contributed by atoms with E-state index in [4.69, 9.17) is 0 Å². The van der Waals surface area contributed by atoms with Crippen LogP contribution in [-0.4, -0.2) is 44.5 Å². The van der Waals surface area contributed by atoms with Crippen molar-refractivity contribution in [3.63, 3.8) is 0 Å². The summed E-state index contributed by atoms with van der Waals surface area (Å²) < 4.78 is 27.1. The third kappa shape index (κ3) is 3.00. The molecule has 0 aromatic carbocycles. The molecule has 0 radical (unpaired) electrons. The molecule has 102 valence electrons. The molecule has 1 atom stereocenters. The molecule has 0 spiro atoms. The number of aromatic nitrogens is 1. The highest BCUT2D eigenvalue weighted by atomic mass is 32.2. The summed E-state index contributed by atoms with van der Waals surface area (Å²) in [6.45, 7) is 3.30. The SMILES string of the molecule is Cc1[nH]c(=O)sc1S(=O)(=O)NC1CCCN(C)C1. The van der Waals surface area contributed by atoms with Crippen molar-refractivity contribution in [1.29, 1.82) is 0 Å². The topological polar surface area (TPSA) is 82.3 Å². The van der Waals surface area contributed by atoms with Gasteiger partial charge in [0.25, 0.3) is 10.0 Å². The van der Waals surface area contributed by atoms with Crippen molar-refractivity contribution < 1.29 is 8.42 Å². The lowest BCUT2D eigenvalue weighted by atomic mass is 10.1. The van der Waals surface area contributed by atoms with Crippen molar-refractivity contribution in [2.24, 2.45) is 0 Å². The zero-order valence-electron chi connectivity index (χ0n) is 10.4. The van der Waals surface area contributed by atoms with E-state index in [1.807, 2.05) is 7.05 Å². The first kappa shape index (κ1) is 13.7. The largest absolute Gasteiger partial charge is 0.315 e. The van der Waals surface area contributed by atoms with Gasteiger partial charge in [0.05, 0.1) is 0 Å². The second-order valence-electron chi connectivity index (χ2n) is 4.65. The number of likely N-dealkylation sites (tertiary alicyclic amines) is 1. The molecule has 0 saturated carbocycles. The maximum absolute atomic E-state index is 12.2. The average molecular weight is 291 g/mol. The van der Waals surface area contributed by atoms with Gasteiger partial charge in [0.2, 0.25) is 0 Å². The van der Waals surface area contributed by atoms with Crippen LogP contribution in [-0.2, 0) is 10.0 Å². The Morgan fingerprint density at radius 3 is 2.78 bits per heavy atom. The molecule has 1 saturated heterocycles. The molecular formula is C10H17N3O3S2. The number of aryl methyl sites for hydroxylation is 1. The minimum atomic E-state index is -3.58. The summed E-state index contributed by atoms with van der Waals surface area (Å²) in [4.78, 5) is 15.4. The maximum atomic E-state index is 12.2. The van der Waals surface area contributed by atoms with Crippen LogP contribution in [0.3, 0.4) is 0 Å². The molecule has 1 aliphatic heterocycles. The first-order valence-corrected chi connectivity index (χ1v) is 8.09. The van der Waals surface area contributed by atoms with E-state index in [0.717, 1.165) is 30.7 Å². The second-order valence-corrected chi connectivity index (χ2v) is 7.54. The lowest BCUT2D eigenvalue weighted by molar-refractivity contribution is 0.242.